The first-order chi connectivity index (χ1) is 8.45. The van der Waals surface area contributed by atoms with Crippen LogP contribution in [0, 0.1) is 5.41 Å². The third-order valence-electron chi connectivity index (χ3n) is 3.55. The Morgan fingerprint density at radius 2 is 2.28 bits per heavy atom. The molecule has 18 heavy (non-hydrogen) atoms. The van der Waals surface area contributed by atoms with Crippen LogP contribution < -0.4 is 5.32 Å². The van der Waals surface area contributed by atoms with E-state index in [1.54, 1.807) is 7.11 Å². The normalized spacial score (nSPS) is 24.7. The maximum absolute atomic E-state index is 11.8. The zero-order chi connectivity index (χ0) is 13.6. The van der Waals surface area contributed by atoms with Gasteiger partial charge >= 0.3 is 0 Å². The average Bonchev–Trinajstić information content (AvgIpc) is 2.65. The zero-order valence-corrected chi connectivity index (χ0v) is 12.2. The van der Waals surface area contributed by atoms with E-state index < -0.39 is 0 Å². The summed E-state index contributed by atoms with van der Waals surface area (Å²) in [4.78, 5) is 16.1. The standard InChI is InChI=1S/C13H27N3O2/c1-13(5-6-16(3)11-13)10-14-12(17)9-15(2)7-8-18-4/h5-11H2,1-4H3,(H,14,17). The Morgan fingerprint density at radius 3 is 2.83 bits per heavy atom. The van der Waals surface area contributed by atoms with Crippen molar-refractivity contribution in [2.24, 2.45) is 5.41 Å². The Labute approximate surface area is 110 Å². The molecule has 0 aromatic rings. The molecular weight excluding hydrogens is 230 g/mol. The zero-order valence-electron chi connectivity index (χ0n) is 12.2. The van der Waals surface area contributed by atoms with Crippen LogP contribution in [0.3, 0.4) is 0 Å². The number of ether oxygens (including phenoxy) is 1. The summed E-state index contributed by atoms with van der Waals surface area (Å²) in [6.07, 6.45) is 1.16. The van der Waals surface area contributed by atoms with Gasteiger partial charge in [-0.2, -0.15) is 0 Å². The minimum atomic E-state index is 0.101. The lowest BCUT2D eigenvalue weighted by Crippen LogP contribution is -2.42. The molecule has 1 rings (SSSR count). The average molecular weight is 257 g/mol. The number of hydrogen-bond donors (Lipinski definition) is 1. The number of hydrogen-bond acceptors (Lipinski definition) is 4. The largest absolute Gasteiger partial charge is 0.383 e. The summed E-state index contributed by atoms with van der Waals surface area (Å²) in [7, 11) is 5.74. The minimum absolute atomic E-state index is 0.101. The van der Waals surface area contributed by atoms with Crippen molar-refractivity contribution in [1.29, 1.82) is 0 Å². The third kappa shape index (κ3) is 5.33. The Kier molecular flexibility index (Phi) is 6.05. The highest BCUT2D eigenvalue weighted by Gasteiger charge is 2.32. The summed E-state index contributed by atoms with van der Waals surface area (Å²) < 4.78 is 4.98. The summed E-state index contributed by atoms with van der Waals surface area (Å²) in [6, 6.07) is 0. The minimum Gasteiger partial charge on any atom is -0.383 e. The van der Waals surface area contributed by atoms with E-state index in [0.29, 0.717) is 13.2 Å². The second-order valence-electron chi connectivity index (χ2n) is 5.81. The van der Waals surface area contributed by atoms with Crippen molar-refractivity contribution in [3.63, 3.8) is 0 Å². The van der Waals surface area contributed by atoms with E-state index in [9.17, 15) is 4.79 Å². The Morgan fingerprint density at radius 1 is 1.56 bits per heavy atom. The highest BCUT2D eigenvalue weighted by Crippen LogP contribution is 2.27. The van der Waals surface area contributed by atoms with Gasteiger partial charge in [0.2, 0.25) is 5.91 Å². The van der Waals surface area contributed by atoms with Crippen molar-refractivity contribution in [1.82, 2.24) is 15.1 Å². The number of carbonyl (C=O) groups is 1. The van der Waals surface area contributed by atoms with Crippen LogP contribution in [0.5, 0.6) is 0 Å². The van der Waals surface area contributed by atoms with E-state index in [1.165, 1.54) is 0 Å². The molecule has 1 unspecified atom stereocenters. The van der Waals surface area contributed by atoms with Crippen LogP contribution in [0.1, 0.15) is 13.3 Å². The molecule has 1 N–H and O–H groups in total. The molecule has 0 aliphatic carbocycles. The summed E-state index contributed by atoms with van der Waals surface area (Å²) in [5.74, 6) is 0.101. The number of amides is 1. The molecule has 0 bridgehead atoms. The fraction of sp³-hybridized carbons (Fsp3) is 0.923. The van der Waals surface area contributed by atoms with Crippen LogP contribution in [-0.2, 0) is 9.53 Å². The molecule has 0 radical (unpaired) electrons. The van der Waals surface area contributed by atoms with Crippen LogP contribution in [0.2, 0.25) is 0 Å². The molecule has 1 aliphatic rings. The molecule has 0 saturated carbocycles. The Hall–Kier alpha value is -0.650. The van der Waals surface area contributed by atoms with Gasteiger partial charge < -0.3 is 15.0 Å². The van der Waals surface area contributed by atoms with Gasteiger partial charge in [0, 0.05) is 26.7 Å². The number of nitrogens with zero attached hydrogens (tertiary/aromatic N) is 2. The fourth-order valence-corrected chi connectivity index (χ4v) is 2.35. The predicted octanol–water partition coefficient (Wildman–Crippen LogP) is 0.0226. The second-order valence-corrected chi connectivity index (χ2v) is 5.81. The molecule has 5 nitrogen and oxygen atoms in total. The Balaban J connectivity index is 2.20. The first-order valence-electron chi connectivity index (χ1n) is 6.58. The van der Waals surface area contributed by atoms with Gasteiger partial charge in [-0.25, -0.2) is 0 Å². The molecule has 5 heteroatoms. The van der Waals surface area contributed by atoms with Gasteiger partial charge in [-0.05, 0) is 32.5 Å². The van der Waals surface area contributed by atoms with Crippen molar-refractivity contribution in [3.05, 3.63) is 0 Å². The molecule has 0 aromatic heterocycles. The van der Waals surface area contributed by atoms with Crippen LogP contribution in [0.15, 0.2) is 0 Å². The van der Waals surface area contributed by atoms with E-state index >= 15 is 0 Å². The SMILES string of the molecule is COCCN(C)CC(=O)NCC1(C)CCN(C)C1. The van der Waals surface area contributed by atoms with Gasteiger partial charge in [0.25, 0.3) is 0 Å². The van der Waals surface area contributed by atoms with Crippen LogP contribution in [0.25, 0.3) is 0 Å². The lowest BCUT2D eigenvalue weighted by molar-refractivity contribution is -0.122. The van der Waals surface area contributed by atoms with Crippen molar-refractivity contribution in [2.75, 3.05) is 60.5 Å². The number of likely N-dealkylation sites (tertiary alicyclic amines) is 1. The number of carbonyl (C=O) groups excluding carboxylic acids is 1. The lowest BCUT2D eigenvalue weighted by Gasteiger charge is -2.25. The molecule has 1 fully saturated rings. The van der Waals surface area contributed by atoms with Crippen molar-refractivity contribution in [3.8, 4) is 0 Å². The van der Waals surface area contributed by atoms with Gasteiger partial charge in [-0.1, -0.05) is 6.92 Å². The highest BCUT2D eigenvalue weighted by atomic mass is 16.5. The Bertz CT molecular complexity index is 273. The summed E-state index contributed by atoms with van der Waals surface area (Å²) in [5.41, 5.74) is 0.232. The van der Waals surface area contributed by atoms with Gasteiger partial charge in [0.15, 0.2) is 0 Å². The molecule has 1 atom stereocenters. The maximum atomic E-state index is 11.8. The number of methoxy groups -OCH3 is 1. The van der Waals surface area contributed by atoms with E-state index in [2.05, 4.69) is 24.2 Å². The van der Waals surface area contributed by atoms with Gasteiger partial charge in [-0.15, -0.1) is 0 Å². The van der Waals surface area contributed by atoms with Crippen molar-refractivity contribution in [2.45, 2.75) is 13.3 Å². The topological polar surface area (TPSA) is 44.8 Å². The summed E-state index contributed by atoms with van der Waals surface area (Å²) >= 11 is 0. The van der Waals surface area contributed by atoms with Crippen molar-refractivity contribution < 1.29 is 9.53 Å². The molecule has 106 valence electrons. The predicted molar refractivity (Wildman–Crippen MR) is 72.6 cm³/mol. The lowest BCUT2D eigenvalue weighted by atomic mass is 9.90. The first-order valence-corrected chi connectivity index (χ1v) is 6.58. The first kappa shape index (κ1) is 15.4. The van der Waals surface area contributed by atoms with Crippen LogP contribution >= 0.6 is 0 Å². The maximum Gasteiger partial charge on any atom is 0.234 e. The van der Waals surface area contributed by atoms with E-state index in [0.717, 1.165) is 32.6 Å². The van der Waals surface area contributed by atoms with Crippen molar-refractivity contribution >= 4 is 5.91 Å². The van der Waals surface area contributed by atoms with Gasteiger partial charge in [-0.3, -0.25) is 9.69 Å². The van der Waals surface area contributed by atoms with E-state index in [4.69, 9.17) is 4.74 Å². The summed E-state index contributed by atoms with van der Waals surface area (Å²) in [5, 5.41) is 3.04. The molecule has 0 spiro atoms. The van der Waals surface area contributed by atoms with E-state index in [-0.39, 0.29) is 11.3 Å². The molecule has 1 heterocycles. The van der Waals surface area contributed by atoms with Gasteiger partial charge in [0.1, 0.15) is 0 Å². The smallest absolute Gasteiger partial charge is 0.234 e. The molecule has 1 aliphatic heterocycles. The molecule has 1 amide bonds. The number of nitrogens with one attached hydrogen (secondary N) is 1. The van der Waals surface area contributed by atoms with Crippen LogP contribution in [0.4, 0.5) is 0 Å². The molecule has 1 saturated heterocycles. The van der Waals surface area contributed by atoms with Gasteiger partial charge in [0.05, 0.1) is 13.2 Å². The number of rotatable bonds is 7. The monoisotopic (exact) mass is 257 g/mol. The second kappa shape index (κ2) is 7.07. The van der Waals surface area contributed by atoms with E-state index in [1.807, 2.05) is 11.9 Å². The number of likely N-dealkylation sites (N-methyl/N-ethyl adjacent to an activating group) is 1. The fourth-order valence-electron chi connectivity index (χ4n) is 2.35. The molecule has 0 aromatic carbocycles. The quantitative estimate of drug-likeness (QED) is 0.698. The third-order valence-corrected chi connectivity index (χ3v) is 3.55. The summed E-state index contributed by atoms with van der Waals surface area (Å²) in [6.45, 7) is 7.08. The molecular formula is C13H27N3O2. The van der Waals surface area contributed by atoms with Crippen LogP contribution in [-0.4, -0.2) is 76.2 Å². The highest BCUT2D eigenvalue weighted by molar-refractivity contribution is 5.78.